The second-order valence-electron chi connectivity index (χ2n) is 4.99. The van der Waals surface area contributed by atoms with E-state index in [0.717, 1.165) is 44.0 Å². The van der Waals surface area contributed by atoms with Crippen molar-refractivity contribution in [3.05, 3.63) is 29.3 Å². The van der Waals surface area contributed by atoms with E-state index in [4.69, 9.17) is 15.2 Å². The summed E-state index contributed by atoms with van der Waals surface area (Å²) in [4.78, 5) is 2.43. The minimum atomic E-state index is 0.359. The molecule has 0 radical (unpaired) electrons. The Morgan fingerprint density at radius 2 is 2.32 bits per heavy atom. The third-order valence-corrected chi connectivity index (χ3v) is 3.65. The molecule has 1 aliphatic heterocycles. The zero-order valence-electron chi connectivity index (χ0n) is 11.9. The fourth-order valence-corrected chi connectivity index (χ4v) is 2.49. The van der Waals surface area contributed by atoms with Gasteiger partial charge in [0, 0.05) is 31.7 Å². The van der Waals surface area contributed by atoms with Crippen LogP contribution in [0.5, 0.6) is 5.75 Å². The van der Waals surface area contributed by atoms with Crippen molar-refractivity contribution in [1.29, 1.82) is 0 Å². The van der Waals surface area contributed by atoms with Crippen molar-refractivity contribution in [3.8, 4) is 5.75 Å². The summed E-state index contributed by atoms with van der Waals surface area (Å²) in [5, 5.41) is 0. The molecular weight excluding hydrogens is 240 g/mol. The molecule has 0 amide bonds. The Balaban J connectivity index is 2.08. The van der Waals surface area contributed by atoms with Crippen LogP contribution in [0.2, 0.25) is 0 Å². The maximum atomic E-state index is 5.71. The van der Waals surface area contributed by atoms with Gasteiger partial charge in [0.05, 0.1) is 19.8 Å². The highest BCUT2D eigenvalue weighted by atomic mass is 16.5. The first-order chi connectivity index (χ1) is 9.26. The SMILES string of the molecule is CCC1CN(Cc2cc(CN)ccc2OC)CCO1. The second kappa shape index (κ2) is 6.89. The van der Waals surface area contributed by atoms with Gasteiger partial charge in [-0.2, -0.15) is 0 Å². The van der Waals surface area contributed by atoms with Crippen molar-refractivity contribution < 1.29 is 9.47 Å². The molecule has 0 aliphatic carbocycles. The molecule has 4 heteroatoms. The molecule has 1 heterocycles. The van der Waals surface area contributed by atoms with Crippen LogP contribution in [-0.4, -0.2) is 37.8 Å². The van der Waals surface area contributed by atoms with Gasteiger partial charge in [0.25, 0.3) is 0 Å². The first kappa shape index (κ1) is 14.3. The Labute approximate surface area is 115 Å². The topological polar surface area (TPSA) is 47.7 Å². The highest BCUT2D eigenvalue weighted by Gasteiger charge is 2.20. The van der Waals surface area contributed by atoms with Crippen LogP contribution < -0.4 is 10.5 Å². The molecule has 1 unspecified atom stereocenters. The average Bonchev–Trinajstić information content (AvgIpc) is 2.47. The number of hydrogen-bond acceptors (Lipinski definition) is 4. The number of nitrogens with two attached hydrogens (primary N) is 1. The molecule has 1 atom stereocenters. The lowest BCUT2D eigenvalue weighted by molar-refractivity contribution is -0.0326. The number of ether oxygens (including phenoxy) is 2. The van der Waals surface area contributed by atoms with Crippen LogP contribution in [0.15, 0.2) is 18.2 Å². The van der Waals surface area contributed by atoms with Crippen LogP contribution in [0.4, 0.5) is 0 Å². The van der Waals surface area contributed by atoms with E-state index in [2.05, 4.69) is 17.9 Å². The summed E-state index contributed by atoms with van der Waals surface area (Å²) in [6.45, 7) is 6.43. The van der Waals surface area contributed by atoms with Crippen molar-refractivity contribution >= 4 is 0 Å². The third kappa shape index (κ3) is 3.69. The normalized spacial score (nSPS) is 20.5. The number of benzene rings is 1. The van der Waals surface area contributed by atoms with Crippen molar-refractivity contribution in [2.45, 2.75) is 32.5 Å². The zero-order valence-corrected chi connectivity index (χ0v) is 11.9. The Hall–Kier alpha value is -1.10. The van der Waals surface area contributed by atoms with Gasteiger partial charge in [0.2, 0.25) is 0 Å². The number of morpholine rings is 1. The minimum Gasteiger partial charge on any atom is -0.496 e. The van der Waals surface area contributed by atoms with Crippen LogP contribution in [0.3, 0.4) is 0 Å². The van der Waals surface area contributed by atoms with Gasteiger partial charge in [-0.1, -0.05) is 13.0 Å². The smallest absolute Gasteiger partial charge is 0.123 e. The summed E-state index contributed by atoms with van der Waals surface area (Å²) in [6.07, 6.45) is 1.42. The second-order valence-corrected chi connectivity index (χ2v) is 4.99. The summed E-state index contributed by atoms with van der Waals surface area (Å²) in [7, 11) is 1.72. The lowest BCUT2D eigenvalue weighted by atomic mass is 10.1. The van der Waals surface area contributed by atoms with E-state index >= 15 is 0 Å². The Kier molecular flexibility index (Phi) is 5.19. The first-order valence-corrected chi connectivity index (χ1v) is 6.96. The van der Waals surface area contributed by atoms with E-state index in [1.165, 1.54) is 5.56 Å². The summed E-state index contributed by atoms with van der Waals surface area (Å²) in [5.74, 6) is 0.941. The molecular formula is C15H24N2O2. The first-order valence-electron chi connectivity index (χ1n) is 6.96. The number of rotatable bonds is 5. The van der Waals surface area contributed by atoms with Gasteiger partial charge in [-0.3, -0.25) is 4.90 Å². The monoisotopic (exact) mass is 264 g/mol. The molecule has 4 nitrogen and oxygen atoms in total. The zero-order chi connectivity index (χ0) is 13.7. The maximum absolute atomic E-state index is 5.71. The van der Waals surface area contributed by atoms with E-state index < -0.39 is 0 Å². The quantitative estimate of drug-likeness (QED) is 0.880. The van der Waals surface area contributed by atoms with Crippen LogP contribution in [0.25, 0.3) is 0 Å². The van der Waals surface area contributed by atoms with Crippen LogP contribution >= 0.6 is 0 Å². The van der Waals surface area contributed by atoms with Gasteiger partial charge in [-0.05, 0) is 24.1 Å². The molecule has 19 heavy (non-hydrogen) atoms. The van der Waals surface area contributed by atoms with E-state index in [1.54, 1.807) is 7.11 Å². The maximum Gasteiger partial charge on any atom is 0.123 e. The standard InChI is InChI=1S/C15H24N2O2/c1-3-14-11-17(6-7-19-14)10-13-8-12(9-16)4-5-15(13)18-2/h4-5,8,14H,3,6-7,9-11,16H2,1-2H3. The molecule has 106 valence electrons. The summed E-state index contributed by atoms with van der Waals surface area (Å²) in [6, 6.07) is 6.18. The lowest BCUT2D eigenvalue weighted by Crippen LogP contribution is -2.41. The molecule has 2 N–H and O–H groups in total. The molecule has 0 saturated carbocycles. The molecule has 1 fully saturated rings. The fourth-order valence-electron chi connectivity index (χ4n) is 2.49. The van der Waals surface area contributed by atoms with Gasteiger partial charge in [-0.15, -0.1) is 0 Å². The Morgan fingerprint density at radius 1 is 1.47 bits per heavy atom. The number of methoxy groups -OCH3 is 1. The minimum absolute atomic E-state index is 0.359. The third-order valence-electron chi connectivity index (χ3n) is 3.65. The summed E-state index contributed by atoms with van der Waals surface area (Å²) in [5.41, 5.74) is 8.07. The molecule has 1 aromatic carbocycles. The lowest BCUT2D eigenvalue weighted by Gasteiger charge is -2.32. The van der Waals surface area contributed by atoms with E-state index in [0.29, 0.717) is 12.6 Å². The van der Waals surface area contributed by atoms with Crippen LogP contribution in [-0.2, 0) is 17.8 Å². The fraction of sp³-hybridized carbons (Fsp3) is 0.600. The molecule has 0 spiro atoms. The highest BCUT2D eigenvalue weighted by Crippen LogP contribution is 2.22. The van der Waals surface area contributed by atoms with Crippen molar-refractivity contribution in [2.24, 2.45) is 5.73 Å². The molecule has 0 bridgehead atoms. The largest absolute Gasteiger partial charge is 0.496 e. The van der Waals surface area contributed by atoms with Gasteiger partial charge < -0.3 is 15.2 Å². The van der Waals surface area contributed by atoms with Gasteiger partial charge >= 0.3 is 0 Å². The number of nitrogens with zero attached hydrogens (tertiary/aromatic N) is 1. The Bertz CT molecular complexity index is 409. The Morgan fingerprint density at radius 3 is 3.00 bits per heavy atom. The number of hydrogen-bond donors (Lipinski definition) is 1. The molecule has 1 saturated heterocycles. The highest BCUT2D eigenvalue weighted by molar-refractivity contribution is 5.37. The van der Waals surface area contributed by atoms with Gasteiger partial charge in [-0.25, -0.2) is 0 Å². The van der Waals surface area contributed by atoms with Crippen molar-refractivity contribution in [3.63, 3.8) is 0 Å². The van der Waals surface area contributed by atoms with E-state index in [1.807, 2.05) is 12.1 Å². The summed E-state index contributed by atoms with van der Waals surface area (Å²) >= 11 is 0. The van der Waals surface area contributed by atoms with Crippen molar-refractivity contribution in [1.82, 2.24) is 4.90 Å². The van der Waals surface area contributed by atoms with Crippen LogP contribution in [0, 0.1) is 0 Å². The van der Waals surface area contributed by atoms with E-state index in [-0.39, 0.29) is 0 Å². The molecule has 1 aromatic rings. The molecule has 2 rings (SSSR count). The van der Waals surface area contributed by atoms with Crippen LogP contribution in [0.1, 0.15) is 24.5 Å². The van der Waals surface area contributed by atoms with Gasteiger partial charge in [0.15, 0.2) is 0 Å². The predicted molar refractivity (Wildman–Crippen MR) is 76.2 cm³/mol. The molecule has 1 aliphatic rings. The molecule has 0 aromatic heterocycles. The average molecular weight is 264 g/mol. The predicted octanol–water partition coefficient (Wildman–Crippen LogP) is 1.76. The van der Waals surface area contributed by atoms with E-state index in [9.17, 15) is 0 Å². The van der Waals surface area contributed by atoms with Gasteiger partial charge in [0.1, 0.15) is 5.75 Å². The van der Waals surface area contributed by atoms with Crippen molar-refractivity contribution in [2.75, 3.05) is 26.8 Å². The summed E-state index contributed by atoms with van der Waals surface area (Å²) < 4.78 is 11.1.